The van der Waals surface area contributed by atoms with Crippen LogP contribution < -0.4 is 11.1 Å². The summed E-state index contributed by atoms with van der Waals surface area (Å²) in [6.07, 6.45) is 0. The molecule has 0 aliphatic heterocycles. The lowest BCUT2D eigenvalue weighted by atomic mass is 10.3. The van der Waals surface area contributed by atoms with Gasteiger partial charge in [-0.2, -0.15) is 0 Å². The molecule has 0 aliphatic carbocycles. The molecule has 5 heteroatoms. The molecule has 0 spiro atoms. The molecular weight excluding hydrogens is 224 g/mol. The number of halogens is 1. The monoisotopic (exact) mass is 230 g/mol. The van der Waals surface area contributed by atoms with E-state index in [4.69, 9.17) is 41.8 Å². The number of hydrogen-bond acceptors (Lipinski definition) is 2. The Balaban J connectivity index is 2.75. The van der Waals surface area contributed by atoms with E-state index in [0.717, 1.165) is 5.69 Å². The Labute approximate surface area is 92.1 Å². The van der Waals surface area contributed by atoms with Gasteiger partial charge in [-0.1, -0.05) is 42.1 Å². The van der Waals surface area contributed by atoms with Gasteiger partial charge in [0.05, 0.1) is 0 Å². The Morgan fingerprint density at radius 3 is 2.62 bits per heavy atom. The number of rotatable bonds is 1. The van der Waals surface area contributed by atoms with Gasteiger partial charge in [0.25, 0.3) is 0 Å². The van der Waals surface area contributed by atoms with Crippen molar-refractivity contribution in [2.45, 2.75) is 0 Å². The summed E-state index contributed by atoms with van der Waals surface area (Å²) in [6.45, 7) is 0. The molecule has 1 aromatic carbocycles. The van der Waals surface area contributed by atoms with Crippen molar-refractivity contribution in [3.63, 3.8) is 0 Å². The van der Waals surface area contributed by atoms with Gasteiger partial charge in [0.2, 0.25) is 0 Å². The first-order valence-corrected chi connectivity index (χ1v) is 4.65. The fourth-order valence-electron chi connectivity index (χ4n) is 0.759. The lowest BCUT2D eigenvalue weighted by Gasteiger charge is -2.05. The SMILES string of the molecule is NC(=S)C(=S)Nc1cccc(Cl)c1. The average Bonchev–Trinajstić information content (AvgIpc) is 2.04. The summed E-state index contributed by atoms with van der Waals surface area (Å²) < 4.78 is 0. The van der Waals surface area contributed by atoms with Crippen LogP contribution in [0, 0.1) is 0 Å². The molecule has 13 heavy (non-hydrogen) atoms. The van der Waals surface area contributed by atoms with E-state index in [1.54, 1.807) is 12.1 Å². The van der Waals surface area contributed by atoms with Crippen LogP contribution >= 0.6 is 36.0 Å². The molecule has 0 radical (unpaired) electrons. The van der Waals surface area contributed by atoms with Gasteiger partial charge >= 0.3 is 0 Å². The Bertz CT molecular complexity index is 352. The zero-order valence-electron chi connectivity index (χ0n) is 6.58. The Morgan fingerprint density at radius 1 is 1.38 bits per heavy atom. The third-order valence-corrected chi connectivity index (χ3v) is 2.20. The second kappa shape index (κ2) is 4.50. The summed E-state index contributed by atoms with van der Waals surface area (Å²) in [7, 11) is 0. The number of nitrogens with one attached hydrogen (secondary N) is 1. The van der Waals surface area contributed by atoms with Gasteiger partial charge in [0, 0.05) is 10.7 Å². The van der Waals surface area contributed by atoms with E-state index in [-0.39, 0.29) is 4.99 Å². The third kappa shape index (κ3) is 3.26. The van der Waals surface area contributed by atoms with Crippen LogP contribution in [0.1, 0.15) is 0 Å². The molecule has 0 fully saturated rings. The molecule has 0 amide bonds. The second-order valence-electron chi connectivity index (χ2n) is 2.33. The number of hydrogen-bond donors (Lipinski definition) is 2. The van der Waals surface area contributed by atoms with Crippen molar-refractivity contribution in [1.29, 1.82) is 0 Å². The fourth-order valence-corrected chi connectivity index (χ4v) is 1.12. The lowest BCUT2D eigenvalue weighted by Crippen LogP contribution is -2.25. The standard InChI is InChI=1S/C8H7ClN2S2/c9-5-2-1-3-6(4-5)11-8(13)7(10)12/h1-4H,(H2,10,12)(H,11,13). The smallest absolute Gasteiger partial charge is 0.138 e. The van der Waals surface area contributed by atoms with Crippen molar-refractivity contribution in [3.05, 3.63) is 29.3 Å². The zero-order chi connectivity index (χ0) is 9.84. The molecule has 0 saturated carbocycles. The van der Waals surface area contributed by atoms with Gasteiger partial charge < -0.3 is 11.1 Å². The Morgan fingerprint density at radius 2 is 2.08 bits per heavy atom. The van der Waals surface area contributed by atoms with Gasteiger partial charge in [-0.05, 0) is 18.2 Å². The molecule has 1 aromatic rings. The van der Waals surface area contributed by atoms with Gasteiger partial charge in [-0.15, -0.1) is 0 Å². The first-order chi connectivity index (χ1) is 6.09. The van der Waals surface area contributed by atoms with Crippen LogP contribution in [0.15, 0.2) is 24.3 Å². The molecule has 0 saturated heterocycles. The van der Waals surface area contributed by atoms with E-state index >= 15 is 0 Å². The number of nitrogens with two attached hydrogens (primary N) is 1. The van der Waals surface area contributed by atoms with Crippen molar-refractivity contribution in [1.82, 2.24) is 0 Å². The summed E-state index contributed by atoms with van der Waals surface area (Å²) >= 11 is 15.3. The third-order valence-electron chi connectivity index (χ3n) is 1.31. The minimum absolute atomic E-state index is 0.176. The molecule has 0 bridgehead atoms. The first-order valence-electron chi connectivity index (χ1n) is 3.46. The normalized spacial score (nSPS) is 9.31. The fraction of sp³-hybridized carbons (Fsp3) is 0. The molecule has 0 aliphatic rings. The van der Waals surface area contributed by atoms with E-state index in [0.29, 0.717) is 10.0 Å². The van der Waals surface area contributed by atoms with Gasteiger partial charge in [0.1, 0.15) is 9.98 Å². The quantitative estimate of drug-likeness (QED) is 0.727. The second-order valence-corrected chi connectivity index (χ2v) is 3.61. The minimum atomic E-state index is 0.176. The van der Waals surface area contributed by atoms with Crippen molar-refractivity contribution in [2.24, 2.45) is 5.73 Å². The average molecular weight is 231 g/mol. The van der Waals surface area contributed by atoms with Crippen LogP contribution in [-0.2, 0) is 0 Å². The van der Waals surface area contributed by atoms with E-state index in [1.165, 1.54) is 0 Å². The van der Waals surface area contributed by atoms with E-state index < -0.39 is 0 Å². The molecule has 68 valence electrons. The largest absolute Gasteiger partial charge is 0.388 e. The lowest BCUT2D eigenvalue weighted by molar-refractivity contribution is 1.65. The molecular formula is C8H7ClN2S2. The minimum Gasteiger partial charge on any atom is -0.388 e. The van der Waals surface area contributed by atoms with Crippen LogP contribution in [-0.4, -0.2) is 9.98 Å². The number of thiocarbonyl (C=S) groups is 2. The van der Waals surface area contributed by atoms with Crippen LogP contribution in [0.5, 0.6) is 0 Å². The van der Waals surface area contributed by atoms with E-state index in [9.17, 15) is 0 Å². The zero-order valence-corrected chi connectivity index (χ0v) is 8.97. The summed E-state index contributed by atoms with van der Waals surface area (Å²) in [6, 6.07) is 7.16. The highest BCUT2D eigenvalue weighted by Gasteiger charge is 1.99. The summed E-state index contributed by atoms with van der Waals surface area (Å²) in [5.41, 5.74) is 6.10. The molecule has 0 heterocycles. The molecule has 0 atom stereocenters. The Hall–Kier alpha value is -0.710. The maximum Gasteiger partial charge on any atom is 0.138 e. The highest BCUT2D eigenvalue weighted by Crippen LogP contribution is 2.14. The topological polar surface area (TPSA) is 38.0 Å². The highest BCUT2D eigenvalue weighted by molar-refractivity contribution is 7.89. The summed E-state index contributed by atoms with van der Waals surface area (Å²) in [5, 5.41) is 3.50. The number of benzene rings is 1. The highest BCUT2D eigenvalue weighted by atomic mass is 35.5. The molecule has 1 rings (SSSR count). The van der Waals surface area contributed by atoms with Crippen LogP contribution in [0.4, 0.5) is 5.69 Å². The van der Waals surface area contributed by atoms with Crippen LogP contribution in [0.25, 0.3) is 0 Å². The molecule has 0 aromatic heterocycles. The molecule has 0 unspecified atom stereocenters. The van der Waals surface area contributed by atoms with Crippen LogP contribution in [0.2, 0.25) is 5.02 Å². The van der Waals surface area contributed by atoms with Gasteiger partial charge in [0.15, 0.2) is 0 Å². The van der Waals surface area contributed by atoms with Crippen molar-refractivity contribution >= 4 is 51.7 Å². The first kappa shape index (κ1) is 10.4. The Kier molecular flexibility index (Phi) is 3.59. The predicted octanol–water partition coefficient (Wildman–Crippen LogP) is 2.37. The number of anilines is 1. The van der Waals surface area contributed by atoms with Crippen molar-refractivity contribution in [2.75, 3.05) is 5.32 Å². The predicted molar refractivity (Wildman–Crippen MR) is 64.5 cm³/mol. The molecule has 2 nitrogen and oxygen atoms in total. The van der Waals surface area contributed by atoms with E-state index in [2.05, 4.69) is 5.32 Å². The van der Waals surface area contributed by atoms with Gasteiger partial charge in [-0.3, -0.25) is 0 Å². The van der Waals surface area contributed by atoms with Crippen molar-refractivity contribution < 1.29 is 0 Å². The maximum absolute atomic E-state index is 5.76. The van der Waals surface area contributed by atoms with Crippen molar-refractivity contribution in [3.8, 4) is 0 Å². The maximum atomic E-state index is 5.76. The van der Waals surface area contributed by atoms with E-state index in [1.807, 2.05) is 12.1 Å². The van der Waals surface area contributed by atoms with Crippen LogP contribution in [0.3, 0.4) is 0 Å². The molecule has 3 N–H and O–H groups in total. The summed E-state index contributed by atoms with van der Waals surface area (Å²) in [4.78, 5) is 0.521. The van der Waals surface area contributed by atoms with Gasteiger partial charge in [-0.25, -0.2) is 0 Å². The summed E-state index contributed by atoms with van der Waals surface area (Å²) in [5.74, 6) is 0.